The maximum absolute atomic E-state index is 12.7. The summed E-state index contributed by atoms with van der Waals surface area (Å²) in [5.41, 5.74) is 1.05. The lowest BCUT2D eigenvalue weighted by Crippen LogP contribution is -2.57. The first-order chi connectivity index (χ1) is 12.5. The first-order valence-corrected chi connectivity index (χ1v) is 8.88. The molecule has 4 amide bonds. The molecular formula is C18H24N4O4. The standard InChI is InChI=1S/C18H24N4O4/c23-16(24)7-6-14(10-13-4-2-1-3-5-13)20-18(26)21-8-9-22-15(12-21)11-19-17(22)25/h1-5,14-15H,6-12H2,(H,19,25)(H,20,26)(H,23,24). The minimum Gasteiger partial charge on any atom is -0.481 e. The Morgan fingerprint density at radius 1 is 1.27 bits per heavy atom. The molecule has 0 bridgehead atoms. The highest BCUT2D eigenvalue weighted by atomic mass is 16.4. The maximum atomic E-state index is 12.7. The topological polar surface area (TPSA) is 102 Å². The van der Waals surface area contributed by atoms with Crippen molar-refractivity contribution < 1.29 is 19.5 Å². The number of carboxylic acids is 1. The molecule has 26 heavy (non-hydrogen) atoms. The summed E-state index contributed by atoms with van der Waals surface area (Å²) in [7, 11) is 0. The van der Waals surface area contributed by atoms with Crippen LogP contribution < -0.4 is 10.6 Å². The van der Waals surface area contributed by atoms with Crippen molar-refractivity contribution >= 4 is 18.0 Å². The van der Waals surface area contributed by atoms with E-state index in [1.54, 1.807) is 9.80 Å². The molecule has 2 unspecified atom stereocenters. The summed E-state index contributed by atoms with van der Waals surface area (Å²) in [6.45, 7) is 2.03. The van der Waals surface area contributed by atoms with Crippen LogP contribution in [0.2, 0.25) is 0 Å². The van der Waals surface area contributed by atoms with Crippen molar-refractivity contribution in [2.24, 2.45) is 0 Å². The molecule has 3 rings (SSSR count). The Morgan fingerprint density at radius 2 is 2.04 bits per heavy atom. The monoisotopic (exact) mass is 360 g/mol. The van der Waals surface area contributed by atoms with Crippen LogP contribution in [0.15, 0.2) is 30.3 Å². The molecule has 2 heterocycles. The largest absolute Gasteiger partial charge is 0.481 e. The lowest BCUT2D eigenvalue weighted by molar-refractivity contribution is -0.137. The summed E-state index contributed by atoms with van der Waals surface area (Å²) < 4.78 is 0. The van der Waals surface area contributed by atoms with Crippen molar-refractivity contribution in [3.05, 3.63) is 35.9 Å². The number of aliphatic carboxylic acids is 1. The van der Waals surface area contributed by atoms with Gasteiger partial charge in [-0.15, -0.1) is 0 Å². The third-order valence-electron chi connectivity index (χ3n) is 4.88. The predicted molar refractivity (Wildman–Crippen MR) is 94.8 cm³/mol. The second-order valence-electron chi connectivity index (χ2n) is 6.75. The maximum Gasteiger partial charge on any atom is 0.317 e. The molecule has 0 aromatic heterocycles. The SMILES string of the molecule is O=C(O)CCC(Cc1ccccc1)NC(=O)N1CCN2C(=O)NCC2C1. The van der Waals surface area contributed by atoms with Gasteiger partial charge in [-0.2, -0.15) is 0 Å². The normalized spacial score (nSPS) is 20.3. The van der Waals surface area contributed by atoms with Gasteiger partial charge in [-0.05, 0) is 18.4 Å². The zero-order valence-electron chi connectivity index (χ0n) is 14.6. The Morgan fingerprint density at radius 3 is 2.77 bits per heavy atom. The molecule has 140 valence electrons. The number of fused-ring (bicyclic) bond motifs is 1. The van der Waals surface area contributed by atoms with Gasteiger partial charge in [0.25, 0.3) is 0 Å². The van der Waals surface area contributed by atoms with Gasteiger partial charge < -0.3 is 25.5 Å². The van der Waals surface area contributed by atoms with Gasteiger partial charge in [-0.25, -0.2) is 9.59 Å². The second kappa shape index (κ2) is 8.07. The summed E-state index contributed by atoms with van der Waals surface area (Å²) in [5.74, 6) is -0.874. The van der Waals surface area contributed by atoms with Gasteiger partial charge >= 0.3 is 18.0 Å². The number of rotatable bonds is 6. The van der Waals surface area contributed by atoms with Crippen LogP contribution in [0.3, 0.4) is 0 Å². The number of amides is 4. The minimum atomic E-state index is -0.874. The van der Waals surface area contributed by atoms with Crippen LogP contribution in [-0.2, 0) is 11.2 Å². The zero-order valence-corrected chi connectivity index (χ0v) is 14.6. The van der Waals surface area contributed by atoms with Crippen molar-refractivity contribution in [2.75, 3.05) is 26.2 Å². The van der Waals surface area contributed by atoms with Gasteiger partial charge in [0.15, 0.2) is 0 Å². The zero-order chi connectivity index (χ0) is 18.5. The predicted octanol–water partition coefficient (Wildman–Crippen LogP) is 0.882. The molecule has 2 saturated heterocycles. The van der Waals surface area contributed by atoms with Crippen LogP contribution in [0, 0.1) is 0 Å². The summed E-state index contributed by atoms with van der Waals surface area (Å²) in [4.78, 5) is 38.7. The number of nitrogens with zero attached hydrogens (tertiary/aromatic N) is 2. The van der Waals surface area contributed by atoms with E-state index in [0.717, 1.165) is 5.56 Å². The Labute approximate surface area is 152 Å². The molecule has 0 spiro atoms. The number of carbonyl (C=O) groups excluding carboxylic acids is 2. The number of hydrogen-bond donors (Lipinski definition) is 3. The van der Waals surface area contributed by atoms with Crippen molar-refractivity contribution in [1.29, 1.82) is 0 Å². The van der Waals surface area contributed by atoms with Crippen LogP contribution in [0.25, 0.3) is 0 Å². The molecule has 0 saturated carbocycles. The smallest absolute Gasteiger partial charge is 0.317 e. The van der Waals surface area contributed by atoms with Crippen molar-refractivity contribution in [3.63, 3.8) is 0 Å². The quantitative estimate of drug-likeness (QED) is 0.701. The summed E-state index contributed by atoms with van der Waals surface area (Å²) in [6, 6.07) is 9.20. The fourth-order valence-corrected chi connectivity index (χ4v) is 3.48. The second-order valence-corrected chi connectivity index (χ2v) is 6.75. The van der Waals surface area contributed by atoms with E-state index in [0.29, 0.717) is 39.0 Å². The van der Waals surface area contributed by atoms with Crippen molar-refractivity contribution in [1.82, 2.24) is 20.4 Å². The van der Waals surface area contributed by atoms with E-state index >= 15 is 0 Å². The van der Waals surface area contributed by atoms with Crippen LogP contribution in [-0.4, -0.2) is 71.2 Å². The van der Waals surface area contributed by atoms with Gasteiger partial charge in [0.1, 0.15) is 0 Å². The fraction of sp³-hybridized carbons (Fsp3) is 0.500. The fourth-order valence-electron chi connectivity index (χ4n) is 3.48. The molecule has 3 N–H and O–H groups in total. The van der Waals surface area contributed by atoms with Gasteiger partial charge in [0.2, 0.25) is 0 Å². The molecule has 0 radical (unpaired) electrons. The van der Waals surface area contributed by atoms with Crippen LogP contribution >= 0.6 is 0 Å². The van der Waals surface area contributed by atoms with Crippen molar-refractivity contribution in [3.8, 4) is 0 Å². The molecule has 1 aromatic rings. The highest BCUT2D eigenvalue weighted by Gasteiger charge is 2.37. The molecule has 2 atom stereocenters. The average Bonchev–Trinajstić information content (AvgIpc) is 3.01. The molecule has 0 aliphatic carbocycles. The van der Waals surface area contributed by atoms with Crippen molar-refractivity contribution in [2.45, 2.75) is 31.3 Å². The number of hydrogen-bond acceptors (Lipinski definition) is 3. The molecule has 2 aliphatic rings. The van der Waals surface area contributed by atoms with E-state index in [9.17, 15) is 14.4 Å². The van der Waals surface area contributed by atoms with Crippen LogP contribution in [0.4, 0.5) is 9.59 Å². The minimum absolute atomic E-state index is 0.00655. The van der Waals surface area contributed by atoms with E-state index in [-0.39, 0.29) is 30.6 Å². The molecular weight excluding hydrogens is 336 g/mol. The highest BCUT2D eigenvalue weighted by Crippen LogP contribution is 2.15. The summed E-state index contributed by atoms with van der Waals surface area (Å²) in [5, 5.41) is 14.7. The third-order valence-corrected chi connectivity index (χ3v) is 4.88. The number of urea groups is 2. The van der Waals surface area contributed by atoms with E-state index in [2.05, 4.69) is 10.6 Å². The van der Waals surface area contributed by atoms with E-state index in [1.807, 2.05) is 30.3 Å². The highest BCUT2D eigenvalue weighted by molar-refractivity contribution is 5.79. The van der Waals surface area contributed by atoms with Gasteiger partial charge in [0.05, 0.1) is 6.04 Å². The molecule has 8 nitrogen and oxygen atoms in total. The van der Waals surface area contributed by atoms with Gasteiger partial charge in [0, 0.05) is 38.6 Å². The van der Waals surface area contributed by atoms with Gasteiger partial charge in [-0.1, -0.05) is 30.3 Å². The molecule has 2 aliphatic heterocycles. The summed E-state index contributed by atoms with van der Waals surface area (Å²) >= 11 is 0. The Balaban J connectivity index is 1.59. The van der Waals surface area contributed by atoms with E-state index in [4.69, 9.17) is 5.11 Å². The Bertz CT molecular complexity index is 666. The summed E-state index contributed by atoms with van der Waals surface area (Å²) in [6.07, 6.45) is 0.968. The van der Waals surface area contributed by atoms with Crippen LogP contribution in [0.1, 0.15) is 18.4 Å². The lowest BCUT2D eigenvalue weighted by atomic mass is 10.0. The van der Waals surface area contributed by atoms with Crippen LogP contribution in [0.5, 0.6) is 0 Å². The number of carboxylic acid groups (broad SMARTS) is 1. The number of nitrogens with one attached hydrogen (secondary N) is 2. The Hall–Kier alpha value is -2.77. The molecule has 2 fully saturated rings. The number of piperazine rings is 1. The third kappa shape index (κ3) is 4.44. The van der Waals surface area contributed by atoms with E-state index in [1.165, 1.54) is 0 Å². The first-order valence-electron chi connectivity index (χ1n) is 8.88. The Kier molecular flexibility index (Phi) is 5.60. The lowest BCUT2D eigenvalue weighted by Gasteiger charge is -2.37. The average molecular weight is 360 g/mol. The number of carbonyl (C=O) groups is 3. The van der Waals surface area contributed by atoms with Gasteiger partial charge in [-0.3, -0.25) is 4.79 Å². The first kappa shape index (κ1) is 18.0. The molecule has 1 aromatic carbocycles. The number of benzene rings is 1. The van der Waals surface area contributed by atoms with E-state index < -0.39 is 5.97 Å². The molecule has 8 heteroatoms.